The molecular weight excluding hydrogens is 160 g/mol. The van der Waals surface area contributed by atoms with Gasteiger partial charge in [0.15, 0.2) is 0 Å². The molecule has 0 aromatic carbocycles. The number of rotatable bonds is 1. The summed E-state index contributed by atoms with van der Waals surface area (Å²) in [5, 5.41) is 0. The van der Waals surface area contributed by atoms with Crippen LogP contribution in [0.3, 0.4) is 0 Å². The Morgan fingerprint density at radius 2 is 1.71 bits per heavy atom. The first-order chi connectivity index (χ1) is 3.06. The first kappa shape index (κ1) is 7.40. The van der Waals surface area contributed by atoms with Gasteiger partial charge in [-0.2, -0.15) is 3.98 Å². The van der Waals surface area contributed by atoms with Crippen molar-refractivity contribution in [1.29, 1.82) is 0 Å². The van der Waals surface area contributed by atoms with Crippen LogP contribution in [0.25, 0.3) is 0 Å². The second-order valence-electron chi connectivity index (χ2n) is 2.26. The minimum Gasteiger partial charge on any atom is -0.219 e. The minimum atomic E-state index is -0.219. The second kappa shape index (κ2) is 2.64. The fourth-order valence-electron chi connectivity index (χ4n) is 0.0945. The minimum absolute atomic E-state index is 0.219. The predicted molar refractivity (Wildman–Crippen MR) is 30.8 cm³/mol. The molecule has 3 heteroatoms. The molecule has 0 atom stereocenters. The quantitative estimate of drug-likeness (QED) is 0.441. The van der Waals surface area contributed by atoms with Crippen molar-refractivity contribution in [2.75, 3.05) is 0 Å². The van der Waals surface area contributed by atoms with Crippen molar-refractivity contribution in [3.8, 4) is 0 Å². The number of hydrogen-bond acceptors (Lipinski definition) is 2. The van der Waals surface area contributed by atoms with Crippen LogP contribution < -0.4 is 0 Å². The van der Waals surface area contributed by atoms with E-state index in [1.807, 2.05) is 20.8 Å². The van der Waals surface area contributed by atoms with Crippen LogP contribution in [0.4, 0.5) is 0 Å². The van der Waals surface area contributed by atoms with Crippen LogP contribution in [0.15, 0.2) is 0 Å². The van der Waals surface area contributed by atoms with E-state index in [9.17, 15) is 0 Å². The molecule has 0 rings (SSSR count). The monoisotopic (exact) mass is 168 g/mol. The summed E-state index contributed by atoms with van der Waals surface area (Å²) in [6, 6.07) is 0. The third-order valence-electron chi connectivity index (χ3n) is 0.281. The van der Waals surface area contributed by atoms with Crippen LogP contribution in [0, 0.1) is 0 Å². The molecule has 0 saturated carbocycles. The van der Waals surface area contributed by atoms with Crippen molar-refractivity contribution in [2.45, 2.75) is 26.4 Å². The van der Waals surface area contributed by atoms with Crippen molar-refractivity contribution in [2.24, 2.45) is 0 Å². The first-order valence-corrected chi connectivity index (χ1v) is 2.67. The Kier molecular flexibility index (Phi) is 2.80. The molecule has 0 fully saturated rings. The van der Waals surface area contributed by atoms with Crippen molar-refractivity contribution in [1.82, 2.24) is 0 Å². The standard InChI is InChI=1S/C4H9BrO2/c1-4(2,3)6-7-5/h1-3H3. The van der Waals surface area contributed by atoms with E-state index in [2.05, 4.69) is 25.1 Å². The van der Waals surface area contributed by atoms with Gasteiger partial charge in [0, 0.05) is 0 Å². The Morgan fingerprint density at radius 3 is 1.71 bits per heavy atom. The molecule has 0 aliphatic heterocycles. The third kappa shape index (κ3) is 6.40. The van der Waals surface area contributed by atoms with Crippen molar-refractivity contribution in [3.63, 3.8) is 0 Å². The molecule has 7 heavy (non-hydrogen) atoms. The van der Waals surface area contributed by atoms with E-state index in [0.717, 1.165) is 0 Å². The highest BCUT2D eigenvalue weighted by Crippen LogP contribution is 2.08. The molecule has 0 heterocycles. The Labute approximate surface area is 52.2 Å². The SMILES string of the molecule is CC(C)(C)OOBr. The number of hydrogen-bond donors (Lipinski definition) is 0. The van der Waals surface area contributed by atoms with Crippen LogP contribution in [0.1, 0.15) is 20.8 Å². The lowest BCUT2D eigenvalue weighted by Gasteiger charge is -2.13. The van der Waals surface area contributed by atoms with Gasteiger partial charge in [-0.1, -0.05) is 0 Å². The Bertz CT molecular complexity index is 48.1. The van der Waals surface area contributed by atoms with Gasteiger partial charge in [-0.05, 0) is 20.8 Å². The highest BCUT2D eigenvalue weighted by Gasteiger charge is 2.09. The lowest BCUT2D eigenvalue weighted by atomic mass is 10.2. The fraction of sp³-hybridized carbons (Fsp3) is 1.00. The predicted octanol–water partition coefficient (Wildman–Crippen LogP) is 2.04. The van der Waals surface area contributed by atoms with Gasteiger partial charge in [0.2, 0.25) is 0 Å². The van der Waals surface area contributed by atoms with Gasteiger partial charge in [-0.3, -0.25) is 0 Å². The van der Waals surface area contributed by atoms with Gasteiger partial charge in [-0.15, -0.1) is 0 Å². The maximum atomic E-state index is 4.65. The molecule has 0 amide bonds. The van der Waals surface area contributed by atoms with Gasteiger partial charge in [0.1, 0.15) is 16.3 Å². The van der Waals surface area contributed by atoms with E-state index in [0.29, 0.717) is 0 Å². The normalized spacial score (nSPS) is 12.0. The molecule has 0 bridgehead atoms. The average Bonchev–Trinajstić information content (AvgIpc) is 1.30. The van der Waals surface area contributed by atoms with Gasteiger partial charge >= 0.3 is 0 Å². The van der Waals surface area contributed by atoms with E-state index in [1.54, 1.807) is 0 Å². The molecule has 0 saturated heterocycles. The third-order valence-corrected chi connectivity index (χ3v) is 0.414. The second-order valence-corrected chi connectivity index (χ2v) is 2.52. The zero-order valence-corrected chi connectivity index (χ0v) is 6.28. The smallest absolute Gasteiger partial charge is 0.142 e. The van der Waals surface area contributed by atoms with E-state index in [1.165, 1.54) is 0 Å². The molecular formula is C4H9BrO2. The molecule has 0 aromatic rings. The van der Waals surface area contributed by atoms with Crippen LogP contribution in [0.5, 0.6) is 0 Å². The summed E-state index contributed by atoms with van der Waals surface area (Å²) >= 11 is 2.66. The lowest BCUT2D eigenvalue weighted by molar-refractivity contribution is -0.254. The van der Waals surface area contributed by atoms with Crippen molar-refractivity contribution >= 4 is 16.3 Å². The summed E-state index contributed by atoms with van der Waals surface area (Å²) in [7, 11) is 0. The van der Waals surface area contributed by atoms with Gasteiger partial charge in [0.05, 0.1) is 5.60 Å². The van der Waals surface area contributed by atoms with E-state index < -0.39 is 0 Å². The van der Waals surface area contributed by atoms with Crippen LogP contribution in [0.2, 0.25) is 0 Å². The average molecular weight is 169 g/mol. The van der Waals surface area contributed by atoms with E-state index >= 15 is 0 Å². The van der Waals surface area contributed by atoms with Crippen LogP contribution in [-0.2, 0) is 8.87 Å². The van der Waals surface area contributed by atoms with Crippen molar-refractivity contribution < 1.29 is 8.87 Å². The molecule has 0 N–H and O–H groups in total. The zero-order valence-electron chi connectivity index (χ0n) is 4.69. The maximum absolute atomic E-state index is 4.65. The number of halogens is 1. The summed E-state index contributed by atoms with van der Waals surface area (Å²) in [6.45, 7) is 5.69. The zero-order chi connectivity index (χ0) is 5.91. The summed E-state index contributed by atoms with van der Waals surface area (Å²) in [5.74, 6) is 0. The van der Waals surface area contributed by atoms with Gasteiger partial charge < -0.3 is 0 Å². The fourth-order valence-corrected chi connectivity index (χ4v) is 0.491. The molecule has 0 aromatic heterocycles. The highest BCUT2D eigenvalue weighted by atomic mass is 79.9. The highest BCUT2D eigenvalue weighted by molar-refractivity contribution is 9.05. The van der Waals surface area contributed by atoms with Crippen LogP contribution >= 0.6 is 16.3 Å². The summed E-state index contributed by atoms with van der Waals surface area (Å²) < 4.78 is 4.22. The molecule has 2 nitrogen and oxygen atoms in total. The largest absolute Gasteiger partial charge is 0.219 e. The molecule has 0 unspecified atom stereocenters. The summed E-state index contributed by atoms with van der Waals surface area (Å²) in [5.41, 5.74) is -0.219. The maximum Gasteiger partial charge on any atom is 0.142 e. The summed E-state index contributed by atoms with van der Waals surface area (Å²) in [6.07, 6.45) is 0. The van der Waals surface area contributed by atoms with E-state index in [4.69, 9.17) is 0 Å². The first-order valence-electron chi connectivity index (χ1n) is 2.03. The topological polar surface area (TPSA) is 18.5 Å². The molecule has 44 valence electrons. The summed E-state index contributed by atoms with van der Waals surface area (Å²) in [4.78, 5) is 4.65. The van der Waals surface area contributed by atoms with E-state index in [-0.39, 0.29) is 5.60 Å². The molecule has 0 aliphatic carbocycles. The molecule has 0 radical (unpaired) electrons. The lowest BCUT2D eigenvalue weighted by Crippen LogP contribution is -2.16. The van der Waals surface area contributed by atoms with Gasteiger partial charge in [0.25, 0.3) is 0 Å². The molecule has 0 spiro atoms. The van der Waals surface area contributed by atoms with Gasteiger partial charge in [-0.25, -0.2) is 4.89 Å². The Balaban J connectivity index is 3.15. The van der Waals surface area contributed by atoms with Crippen LogP contribution in [-0.4, -0.2) is 5.60 Å². The van der Waals surface area contributed by atoms with Crippen molar-refractivity contribution in [3.05, 3.63) is 0 Å². The molecule has 0 aliphatic rings. The Hall–Kier alpha value is 0.400. The Morgan fingerprint density at radius 1 is 1.29 bits per heavy atom.